The minimum Gasteiger partial charge on any atom is -0.397 e. The van der Waals surface area contributed by atoms with E-state index < -0.39 is 0 Å². The highest BCUT2D eigenvalue weighted by molar-refractivity contribution is 5.97. The number of nitrogens with two attached hydrogens (primary N) is 1. The second-order valence-corrected chi connectivity index (χ2v) is 5.69. The fourth-order valence-electron chi connectivity index (χ4n) is 2.87. The van der Waals surface area contributed by atoms with Crippen LogP contribution in [0.15, 0.2) is 24.3 Å². The summed E-state index contributed by atoms with van der Waals surface area (Å²) in [6.07, 6.45) is 3.69. The summed E-state index contributed by atoms with van der Waals surface area (Å²) in [5, 5.41) is 2.93. The van der Waals surface area contributed by atoms with E-state index in [0.29, 0.717) is 11.4 Å². The molecule has 0 radical (unpaired) electrons. The standard InChI is InChI=1S/C16H25N3O/c1-3-6-13-9-10-19(11-13)12(2)16(20)18-15-8-5-4-7-14(15)17/h4-5,7-8,12-13H,3,6,9-11,17H2,1-2H3,(H,18,20). The lowest BCUT2D eigenvalue weighted by molar-refractivity contribution is -0.120. The van der Waals surface area contributed by atoms with Crippen LogP contribution in [0.2, 0.25) is 0 Å². The van der Waals surface area contributed by atoms with Gasteiger partial charge in [0.2, 0.25) is 5.91 Å². The zero-order chi connectivity index (χ0) is 14.5. The molecule has 4 heteroatoms. The van der Waals surface area contributed by atoms with Gasteiger partial charge in [0.25, 0.3) is 0 Å². The smallest absolute Gasteiger partial charge is 0.241 e. The van der Waals surface area contributed by atoms with Gasteiger partial charge in [0.1, 0.15) is 0 Å². The van der Waals surface area contributed by atoms with Crippen molar-refractivity contribution in [3.05, 3.63) is 24.3 Å². The van der Waals surface area contributed by atoms with E-state index in [1.807, 2.05) is 25.1 Å². The molecule has 0 bridgehead atoms. The number of hydrogen-bond donors (Lipinski definition) is 2. The Morgan fingerprint density at radius 1 is 1.50 bits per heavy atom. The zero-order valence-electron chi connectivity index (χ0n) is 12.4. The third kappa shape index (κ3) is 3.51. The Bertz CT molecular complexity index is 461. The van der Waals surface area contributed by atoms with Gasteiger partial charge in [-0.2, -0.15) is 0 Å². The summed E-state index contributed by atoms with van der Waals surface area (Å²) in [5.41, 5.74) is 7.17. The number of anilines is 2. The molecule has 2 rings (SSSR count). The molecule has 2 atom stereocenters. The minimum absolute atomic E-state index is 0.0278. The van der Waals surface area contributed by atoms with Crippen LogP contribution in [0.1, 0.15) is 33.1 Å². The first kappa shape index (κ1) is 14.9. The first-order valence-electron chi connectivity index (χ1n) is 7.51. The molecule has 1 saturated heterocycles. The Morgan fingerprint density at radius 2 is 2.25 bits per heavy atom. The van der Waals surface area contributed by atoms with Gasteiger partial charge in [-0.3, -0.25) is 9.69 Å². The maximum Gasteiger partial charge on any atom is 0.241 e. The van der Waals surface area contributed by atoms with Gasteiger partial charge in [-0.1, -0.05) is 25.5 Å². The number of carbonyl (C=O) groups excluding carboxylic acids is 1. The maximum absolute atomic E-state index is 12.3. The summed E-state index contributed by atoms with van der Waals surface area (Å²) in [4.78, 5) is 14.6. The highest BCUT2D eigenvalue weighted by atomic mass is 16.2. The average molecular weight is 275 g/mol. The van der Waals surface area contributed by atoms with Crippen LogP contribution in [0.5, 0.6) is 0 Å². The summed E-state index contributed by atoms with van der Waals surface area (Å²) >= 11 is 0. The average Bonchev–Trinajstić information content (AvgIpc) is 2.89. The van der Waals surface area contributed by atoms with Crippen molar-refractivity contribution in [2.24, 2.45) is 5.92 Å². The molecule has 1 fully saturated rings. The summed E-state index contributed by atoms with van der Waals surface area (Å²) < 4.78 is 0. The Labute approximate surface area is 121 Å². The van der Waals surface area contributed by atoms with Crippen LogP contribution in [0, 0.1) is 5.92 Å². The molecular formula is C16H25N3O. The topological polar surface area (TPSA) is 58.4 Å². The highest BCUT2D eigenvalue weighted by Crippen LogP contribution is 2.23. The van der Waals surface area contributed by atoms with E-state index in [0.717, 1.165) is 19.0 Å². The second kappa shape index (κ2) is 6.75. The van der Waals surface area contributed by atoms with Crippen LogP contribution >= 0.6 is 0 Å². The van der Waals surface area contributed by atoms with Crippen molar-refractivity contribution in [2.45, 2.75) is 39.2 Å². The Hall–Kier alpha value is -1.55. The first-order valence-corrected chi connectivity index (χ1v) is 7.51. The van der Waals surface area contributed by atoms with Crippen LogP contribution in [0.3, 0.4) is 0 Å². The number of nitrogen functional groups attached to an aromatic ring is 1. The van der Waals surface area contributed by atoms with Crippen LogP contribution in [0.4, 0.5) is 11.4 Å². The van der Waals surface area contributed by atoms with Crippen molar-refractivity contribution in [1.29, 1.82) is 0 Å². The number of amides is 1. The van der Waals surface area contributed by atoms with E-state index in [2.05, 4.69) is 17.1 Å². The number of hydrogen-bond acceptors (Lipinski definition) is 3. The third-order valence-corrected chi connectivity index (χ3v) is 4.16. The number of nitrogens with zero attached hydrogens (tertiary/aromatic N) is 1. The molecule has 110 valence electrons. The normalized spacial score (nSPS) is 20.8. The van der Waals surface area contributed by atoms with Crippen molar-refractivity contribution in [1.82, 2.24) is 4.90 Å². The quantitative estimate of drug-likeness (QED) is 0.812. The first-order chi connectivity index (χ1) is 9.61. The summed E-state index contributed by atoms with van der Waals surface area (Å²) in [5.74, 6) is 0.775. The predicted octanol–water partition coefficient (Wildman–Crippen LogP) is 2.72. The van der Waals surface area contributed by atoms with Crippen LogP contribution in [-0.2, 0) is 4.79 Å². The van der Waals surface area contributed by atoms with Crippen molar-refractivity contribution >= 4 is 17.3 Å². The maximum atomic E-state index is 12.3. The van der Waals surface area contributed by atoms with Gasteiger partial charge in [-0.05, 0) is 44.4 Å². The third-order valence-electron chi connectivity index (χ3n) is 4.16. The molecule has 1 heterocycles. The Morgan fingerprint density at radius 3 is 2.95 bits per heavy atom. The van der Waals surface area contributed by atoms with Gasteiger partial charge >= 0.3 is 0 Å². The van der Waals surface area contributed by atoms with E-state index in [-0.39, 0.29) is 11.9 Å². The second-order valence-electron chi connectivity index (χ2n) is 5.69. The molecule has 1 aromatic rings. The molecule has 1 amide bonds. The molecular weight excluding hydrogens is 250 g/mol. The molecule has 0 spiro atoms. The van der Waals surface area contributed by atoms with Crippen LogP contribution in [0.25, 0.3) is 0 Å². The molecule has 1 aliphatic rings. The van der Waals surface area contributed by atoms with Crippen LogP contribution < -0.4 is 11.1 Å². The monoisotopic (exact) mass is 275 g/mol. The molecule has 1 aliphatic heterocycles. The number of nitrogens with one attached hydrogen (secondary N) is 1. The Kier molecular flexibility index (Phi) is 5.01. The van der Waals surface area contributed by atoms with E-state index >= 15 is 0 Å². The zero-order valence-corrected chi connectivity index (χ0v) is 12.4. The largest absolute Gasteiger partial charge is 0.397 e. The van der Waals surface area contributed by atoms with Crippen LogP contribution in [-0.4, -0.2) is 29.9 Å². The molecule has 1 aromatic carbocycles. The van der Waals surface area contributed by atoms with Gasteiger partial charge in [0.15, 0.2) is 0 Å². The molecule has 0 saturated carbocycles. The number of likely N-dealkylation sites (tertiary alicyclic amines) is 1. The number of benzene rings is 1. The molecule has 4 nitrogen and oxygen atoms in total. The van der Waals surface area contributed by atoms with Gasteiger partial charge < -0.3 is 11.1 Å². The van der Waals surface area contributed by atoms with Crippen molar-refractivity contribution in [3.63, 3.8) is 0 Å². The molecule has 0 aromatic heterocycles. The molecule has 2 unspecified atom stereocenters. The number of rotatable bonds is 5. The van der Waals surface area contributed by atoms with E-state index in [9.17, 15) is 4.79 Å². The van der Waals surface area contributed by atoms with Crippen molar-refractivity contribution < 1.29 is 4.79 Å². The Balaban J connectivity index is 1.91. The fourth-order valence-corrected chi connectivity index (χ4v) is 2.87. The van der Waals surface area contributed by atoms with Gasteiger partial charge in [0, 0.05) is 6.54 Å². The summed E-state index contributed by atoms with van der Waals surface area (Å²) in [6, 6.07) is 7.28. The molecule has 0 aliphatic carbocycles. The lowest BCUT2D eigenvalue weighted by Crippen LogP contribution is -2.40. The lowest BCUT2D eigenvalue weighted by Gasteiger charge is -2.23. The summed E-state index contributed by atoms with van der Waals surface area (Å²) in [6.45, 7) is 6.25. The van der Waals surface area contributed by atoms with E-state index in [1.165, 1.54) is 19.3 Å². The summed E-state index contributed by atoms with van der Waals surface area (Å²) in [7, 11) is 0. The SMILES string of the molecule is CCCC1CCN(C(C)C(=O)Nc2ccccc2N)C1. The number of para-hydroxylation sites is 2. The van der Waals surface area contributed by atoms with Crippen molar-refractivity contribution in [3.8, 4) is 0 Å². The van der Waals surface area contributed by atoms with E-state index in [4.69, 9.17) is 5.73 Å². The molecule has 3 N–H and O–H groups in total. The van der Waals surface area contributed by atoms with E-state index in [1.54, 1.807) is 6.07 Å². The van der Waals surface area contributed by atoms with Crippen molar-refractivity contribution in [2.75, 3.05) is 24.1 Å². The fraction of sp³-hybridized carbons (Fsp3) is 0.562. The van der Waals surface area contributed by atoms with Gasteiger partial charge in [-0.25, -0.2) is 0 Å². The lowest BCUT2D eigenvalue weighted by atomic mass is 10.0. The molecule has 20 heavy (non-hydrogen) atoms. The highest BCUT2D eigenvalue weighted by Gasteiger charge is 2.29. The van der Waals surface area contributed by atoms with Gasteiger partial charge in [-0.15, -0.1) is 0 Å². The minimum atomic E-state index is -0.100. The number of carbonyl (C=O) groups is 1. The van der Waals surface area contributed by atoms with Gasteiger partial charge in [0.05, 0.1) is 17.4 Å². The predicted molar refractivity (Wildman–Crippen MR) is 83.5 cm³/mol.